The minimum absolute atomic E-state index is 0.0350. The Hall–Kier alpha value is -3.66. The predicted molar refractivity (Wildman–Crippen MR) is 121 cm³/mol. The van der Waals surface area contributed by atoms with Gasteiger partial charge >= 0.3 is 0 Å². The largest absolute Gasteiger partial charge is 0.497 e. The van der Waals surface area contributed by atoms with E-state index in [4.69, 9.17) is 9.72 Å². The van der Waals surface area contributed by atoms with Crippen molar-refractivity contribution in [1.82, 2.24) is 4.98 Å². The Morgan fingerprint density at radius 3 is 2.40 bits per heavy atom. The molecule has 0 saturated carbocycles. The summed E-state index contributed by atoms with van der Waals surface area (Å²) < 4.78 is 5.22. The first-order chi connectivity index (χ1) is 14.7. The first kappa shape index (κ1) is 19.6. The lowest BCUT2D eigenvalue weighted by atomic mass is 10.1. The third kappa shape index (κ3) is 4.18. The fourth-order valence-electron chi connectivity index (χ4n) is 3.56. The molecule has 0 saturated heterocycles. The molecule has 4 rings (SSSR count). The van der Waals surface area contributed by atoms with E-state index in [0.29, 0.717) is 12.8 Å². The molecule has 4 aromatic rings. The van der Waals surface area contributed by atoms with Crippen molar-refractivity contribution in [2.45, 2.75) is 19.8 Å². The molecule has 0 radical (unpaired) electrons. The molecule has 4 heteroatoms. The molecule has 150 valence electrons. The number of carbonyl (C=O) groups excluding carboxylic acids is 1. The van der Waals surface area contributed by atoms with Crippen LogP contribution in [0.4, 0.5) is 11.4 Å². The van der Waals surface area contributed by atoms with Crippen molar-refractivity contribution in [3.63, 3.8) is 0 Å². The highest BCUT2D eigenvalue weighted by molar-refractivity contribution is 6.07. The number of fused-ring (bicyclic) bond motifs is 1. The van der Waals surface area contributed by atoms with Crippen LogP contribution in [0.5, 0.6) is 5.75 Å². The van der Waals surface area contributed by atoms with Crippen LogP contribution in [0.2, 0.25) is 0 Å². The third-order valence-electron chi connectivity index (χ3n) is 5.13. The van der Waals surface area contributed by atoms with Gasteiger partial charge in [0, 0.05) is 23.2 Å². The summed E-state index contributed by atoms with van der Waals surface area (Å²) in [4.78, 5) is 20.0. The van der Waals surface area contributed by atoms with Crippen LogP contribution < -0.4 is 9.64 Å². The summed E-state index contributed by atoms with van der Waals surface area (Å²) in [5.41, 5.74) is 4.51. The lowest BCUT2D eigenvalue weighted by molar-refractivity contribution is -0.117. The summed E-state index contributed by atoms with van der Waals surface area (Å²) in [6.45, 7) is 1.97. The number of benzene rings is 3. The second-order valence-corrected chi connectivity index (χ2v) is 7.21. The van der Waals surface area contributed by atoms with Gasteiger partial charge in [-0.3, -0.25) is 14.7 Å². The number of hydrogen-bond donors (Lipinski definition) is 0. The number of nitrogens with zero attached hydrogens (tertiary/aromatic N) is 2. The van der Waals surface area contributed by atoms with E-state index in [0.717, 1.165) is 39.3 Å². The second-order valence-electron chi connectivity index (χ2n) is 7.21. The zero-order chi connectivity index (χ0) is 20.9. The number of hydrogen-bond acceptors (Lipinski definition) is 3. The van der Waals surface area contributed by atoms with E-state index in [1.54, 1.807) is 12.0 Å². The first-order valence-electron chi connectivity index (χ1n) is 10.0. The van der Waals surface area contributed by atoms with Crippen LogP contribution in [0, 0.1) is 6.92 Å². The number of aromatic nitrogens is 1. The molecule has 1 heterocycles. The lowest BCUT2D eigenvalue weighted by Crippen LogP contribution is -2.26. The van der Waals surface area contributed by atoms with Gasteiger partial charge in [-0.25, -0.2) is 0 Å². The summed E-state index contributed by atoms with van der Waals surface area (Å²) in [5, 5.41) is 1.02. The molecule has 3 aromatic carbocycles. The minimum atomic E-state index is 0.0350. The Morgan fingerprint density at radius 1 is 0.900 bits per heavy atom. The molecule has 4 nitrogen and oxygen atoms in total. The fourth-order valence-corrected chi connectivity index (χ4v) is 3.56. The van der Waals surface area contributed by atoms with Crippen LogP contribution in [-0.4, -0.2) is 18.0 Å². The molecule has 0 fully saturated rings. The predicted octanol–water partition coefficient (Wildman–Crippen LogP) is 5.85. The molecule has 1 aromatic heterocycles. The number of amides is 1. The maximum absolute atomic E-state index is 13.4. The van der Waals surface area contributed by atoms with E-state index >= 15 is 0 Å². The summed E-state index contributed by atoms with van der Waals surface area (Å²) in [6.07, 6.45) is 1.05. The molecule has 0 unspecified atom stereocenters. The molecule has 0 aliphatic heterocycles. The normalized spacial score (nSPS) is 10.7. The highest BCUT2D eigenvalue weighted by Crippen LogP contribution is 2.32. The molecule has 0 atom stereocenters. The molecule has 0 N–H and O–H groups in total. The SMILES string of the molecule is COc1ccc(CCC(=O)N(c2ccccc2)c2cccc3ccc(C)nc23)cc1. The summed E-state index contributed by atoms with van der Waals surface area (Å²) in [5.74, 6) is 0.848. The van der Waals surface area contributed by atoms with E-state index in [9.17, 15) is 4.79 Å². The van der Waals surface area contributed by atoms with Gasteiger partial charge in [0.25, 0.3) is 0 Å². The average Bonchev–Trinajstić information content (AvgIpc) is 2.79. The number of ether oxygens (including phenoxy) is 1. The molecule has 0 spiro atoms. The zero-order valence-electron chi connectivity index (χ0n) is 17.2. The summed E-state index contributed by atoms with van der Waals surface area (Å²) in [7, 11) is 1.65. The first-order valence-corrected chi connectivity index (χ1v) is 10.0. The second kappa shape index (κ2) is 8.78. The van der Waals surface area contributed by atoms with Crippen LogP contribution >= 0.6 is 0 Å². The van der Waals surface area contributed by atoms with Crippen molar-refractivity contribution in [3.05, 3.63) is 96.2 Å². The fraction of sp³-hybridized carbons (Fsp3) is 0.154. The molecule has 1 amide bonds. The van der Waals surface area contributed by atoms with Crippen molar-refractivity contribution in [2.75, 3.05) is 12.0 Å². The molecule has 0 bridgehead atoms. The van der Waals surface area contributed by atoms with Gasteiger partial charge in [0.05, 0.1) is 18.3 Å². The maximum atomic E-state index is 13.4. The molecule has 0 aliphatic rings. The van der Waals surface area contributed by atoms with Gasteiger partial charge < -0.3 is 4.74 Å². The van der Waals surface area contributed by atoms with Crippen molar-refractivity contribution >= 4 is 28.2 Å². The zero-order valence-corrected chi connectivity index (χ0v) is 17.2. The van der Waals surface area contributed by atoms with Crippen molar-refractivity contribution in [3.8, 4) is 5.75 Å². The number of para-hydroxylation sites is 2. The molecule has 0 aliphatic carbocycles. The van der Waals surface area contributed by atoms with Crippen LogP contribution in [0.1, 0.15) is 17.7 Å². The van der Waals surface area contributed by atoms with Gasteiger partial charge in [-0.2, -0.15) is 0 Å². The van der Waals surface area contributed by atoms with Gasteiger partial charge in [-0.1, -0.05) is 48.5 Å². The average molecular weight is 396 g/mol. The standard InChI is InChI=1S/C26H24N2O2/c1-19-11-15-21-7-6-10-24(26(21)27-19)28(22-8-4-3-5-9-22)25(29)18-14-20-12-16-23(30-2)17-13-20/h3-13,15-17H,14,18H2,1-2H3. The third-order valence-corrected chi connectivity index (χ3v) is 5.13. The van der Waals surface area contributed by atoms with E-state index in [-0.39, 0.29) is 5.91 Å². The Balaban J connectivity index is 1.69. The van der Waals surface area contributed by atoms with Crippen LogP contribution in [0.3, 0.4) is 0 Å². The monoisotopic (exact) mass is 396 g/mol. The smallest absolute Gasteiger partial charge is 0.231 e. The van der Waals surface area contributed by atoms with E-state index in [1.807, 2.05) is 91.9 Å². The number of pyridine rings is 1. The Labute approximate surface area is 176 Å². The minimum Gasteiger partial charge on any atom is -0.497 e. The maximum Gasteiger partial charge on any atom is 0.231 e. The van der Waals surface area contributed by atoms with Gasteiger partial charge in [-0.05, 0) is 55.3 Å². The van der Waals surface area contributed by atoms with Gasteiger partial charge in [0.1, 0.15) is 5.75 Å². The molecule has 30 heavy (non-hydrogen) atoms. The number of anilines is 2. The van der Waals surface area contributed by atoms with Crippen LogP contribution in [0.15, 0.2) is 84.9 Å². The number of rotatable bonds is 6. The van der Waals surface area contributed by atoms with Gasteiger partial charge in [0.2, 0.25) is 5.91 Å². The van der Waals surface area contributed by atoms with E-state index in [2.05, 4.69) is 0 Å². The van der Waals surface area contributed by atoms with Crippen molar-refractivity contribution in [1.29, 1.82) is 0 Å². The summed E-state index contributed by atoms with van der Waals surface area (Å²) >= 11 is 0. The Morgan fingerprint density at radius 2 is 1.67 bits per heavy atom. The Kier molecular flexibility index (Phi) is 5.75. The quantitative estimate of drug-likeness (QED) is 0.411. The van der Waals surface area contributed by atoms with E-state index in [1.165, 1.54) is 0 Å². The van der Waals surface area contributed by atoms with Gasteiger partial charge in [0.15, 0.2) is 0 Å². The van der Waals surface area contributed by atoms with Crippen molar-refractivity contribution < 1.29 is 9.53 Å². The van der Waals surface area contributed by atoms with Crippen LogP contribution in [-0.2, 0) is 11.2 Å². The van der Waals surface area contributed by atoms with Crippen molar-refractivity contribution in [2.24, 2.45) is 0 Å². The molecular weight excluding hydrogens is 372 g/mol. The highest BCUT2D eigenvalue weighted by atomic mass is 16.5. The number of methoxy groups -OCH3 is 1. The number of aryl methyl sites for hydroxylation is 2. The van der Waals surface area contributed by atoms with Gasteiger partial charge in [-0.15, -0.1) is 0 Å². The van der Waals surface area contributed by atoms with E-state index < -0.39 is 0 Å². The Bertz CT molecular complexity index is 1150. The highest BCUT2D eigenvalue weighted by Gasteiger charge is 2.20. The van der Waals surface area contributed by atoms with Crippen LogP contribution in [0.25, 0.3) is 10.9 Å². The lowest BCUT2D eigenvalue weighted by Gasteiger charge is -2.24. The topological polar surface area (TPSA) is 42.4 Å². The number of carbonyl (C=O) groups is 1. The summed E-state index contributed by atoms with van der Waals surface area (Å²) in [6, 6.07) is 27.6. The molecular formula is C26H24N2O2.